The molecule has 1 aliphatic rings. The van der Waals surface area contributed by atoms with Gasteiger partial charge < -0.3 is 79.2 Å². The Bertz CT molecular complexity index is 827. The molecule has 0 spiro atoms. The molecule has 8 unspecified atom stereocenters. The van der Waals surface area contributed by atoms with Gasteiger partial charge in [-0.2, -0.15) is 0 Å². The van der Waals surface area contributed by atoms with Gasteiger partial charge in [0.05, 0.1) is 92.0 Å². The number of ether oxygens (including phenoxy) is 8. The maximum atomic E-state index is 11.5. The summed E-state index contributed by atoms with van der Waals surface area (Å²) in [7, 11) is 0. The van der Waals surface area contributed by atoms with Gasteiger partial charge in [0.25, 0.3) is 0 Å². The minimum atomic E-state index is -1.38. The number of hydrogen-bond acceptors (Lipinski definition) is 16. The van der Waals surface area contributed by atoms with Gasteiger partial charge in [0.15, 0.2) is 12.6 Å². The zero-order valence-corrected chi connectivity index (χ0v) is 27.7. The van der Waals surface area contributed by atoms with E-state index in [0.29, 0.717) is 33.0 Å². The molecule has 18 nitrogen and oxygen atoms in total. The summed E-state index contributed by atoms with van der Waals surface area (Å²) < 4.78 is 44.4. The van der Waals surface area contributed by atoms with Crippen LogP contribution in [0.5, 0.6) is 0 Å². The SMILES string of the molecule is CC(=O)NC1C(OCCOCCOCC(C)COCCOCCOC(OC(CO)[C@@H](C)O)[C@H](CO)NC(C)=O)OC(CO)C(O)C1O. The molecule has 10 atom stereocenters. The van der Waals surface area contributed by atoms with Crippen molar-refractivity contribution in [3.8, 4) is 0 Å². The van der Waals surface area contributed by atoms with Crippen LogP contribution in [0.15, 0.2) is 0 Å². The van der Waals surface area contributed by atoms with Gasteiger partial charge in [-0.3, -0.25) is 9.59 Å². The fourth-order valence-corrected chi connectivity index (χ4v) is 4.31. The monoisotopic (exact) mass is 688 g/mol. The molecule has 1 rings (SSSR count). The lowest BCUT2D eigenvalue weighted by Crippen LogP contribution is -2.64. The van der Waals surface area contributed by atoms with Gasteiger partial charge in [-0.15, -0.1) is 0 Å². The Morgan fingerprint density at radius 1 is 0.787 bits per heavy atom. The number of aliphatic hydroxyl groups is 6. The van der Waals surface area contributed by atoms with Crippen molar-refractivity contribution in [1.82, 2.24) is 10.6 Å². The third-order valence-electron chi connectivity index (χ3n) is 6.76. The second-order valence-corrected chi connectivity index (χ2v) is 11.1. The van der Waals surface area contributed by atoms with Crippen LogP contribution in [0.1, 0.15) is 27.7 Å². The number of carbonyl (C=O) groups excluding carboxylic acids is 2. The lowest BCUT2D eigenvalue weighted by atomic mass is 9.97. The Morgan fingerprint density at radius 2 is 1.36 bits per heavy atom. The van der Waals surface area contributed by atoms with Gasteiger partial charge in [0, 0.05) is 19.8 Å². The van der Waals surface area contributed by atoms with Crippen molar-refractivity contribution in [2.45, 2.75) is 82.9 Å². The zero-order chi connectivity index (χ0) is 35.2. The van der Waals surface area contributed by atoms with E-state index in [1.807, 2.05) is 6.92 Å². The molecule has 0 aromatic carbocycles. The van der Waals surface area contributed by atoms with E-state index in [1.54, 1.807) is 0 Å². The lowest BCUT2D eigenvalue weighted by Gasteiger charge is -2.42. The highest BCUT2D eigenvalue weighted by Gasteiger charge is 2.45. The second-order valence-electron chi connectivity index (χ2n) is 11.1. The zero-order valence-electron chi connectivity index (χ0n) is 27.7. The van der Waals surface area contributed by atoms with E-state index in [0.717, 1.165) is 0 Å². The van der Waals surface area contributed by atoms with E-state index in [1.165, 1.54) is 20.8 Å². The van der Waals surface area contributed by atoms with E-state index < -0.39 is 86.8 Å². The normalized spacial score (nSPS) is 24.7. The minimum Gasteiger partial charge on any atom is -0.394 e. The number of aliphatic hydroxyl groups excluding tert-OH is 6. The molecule has 1 fully saturated rings. The molecule has 278 valence electrons. The first-order chi connectivity index (χ1) is 22.4. The highest BCUT2D eigenvalue weighted by atomic mass is 16.7. The van der Waals surface area contributed by atoms with Gasteiger partial charge in [-0.1, -0.05) is 6.92 Å². The summed E-state index contributed by atoms with van der Waals surface area (Å²) in [6.07, 6.45) is -8.00. The molecule has 0 bridgehead atoms. The molecule has 47 heavy (non-hydrogen) atoms. The summed E-state index contributed by atoms with van der Waals surface area (Å²) in [5.41, 5.74) is 0. The Labute approximate surface area is 275 Å². The number of rotatable bonds is 27. The fourth-order valence-electron chi connectivity index (χ4n) is 4.31. The van der Waals surface area contributed by atoms with E-state index in [-0.39, 0.29) is 39.0 Å². The summed E-state index contributed by atoms with van der Waals surface area (Å²) in [5, 5.41) is 63.5. The molecule has 8 N–H and O–H groups in total. The van der Waals surface area contributed by atoms with E-state index in [2.05, 4.69) is 10.6 Å². The lowest BCUT2D eigenvalue weighted by molar-refractivity contribution is -0.272. The summed E-state index contributed by atoms with van der Waals surface area (Å²) >= 11 is 0. The van der Waals surface area contributed by atoms with E-state index >= 15 is 0 Å². The molecule has 0 aliphatic carbocycles. The third-order valence-corrected chi connectivity index (χ3v) is 6.76. The number of amides is 2. The predicted molar refractivity (Wildman–Crippen MR) is 162 cm³/mol. The van der Waals surface area contributed by atoms with Crippen LogP contribution in [0.4, 0.5) is 0 Å². The van der Waals surface area contributed by atoms with Crippen molar-refractivity contribution in [1.29, 1.82) is 0 Å². The van der Waals surface area contributed by atoms with Gasteiger partial charge in [-0.05, 0) is 6.92 Å². The van der Waals surface area contributed by atoms with E-state index in [9.17, 15) is 40.2 Å². The highest BCUT2D eigenvalue weighted by molar-refractivity contribution is 5.73. The smallest absolute Gasteiger partial charge is 0.217 e. The molecule has 0 aromatic rings. The molecular weight excluding hydrogens is 632 g/mol. The number of carbonyl (C=O) groups is 2. The molecule has 1 heterocycles. The molecule has 1 aliphatic heterocycles. The van der Waals surface area contributed by atoms with Crippen LogP contribution in [0, 0.1) is 5.92 Å². The van der Waals surface area contributed by atoms with Crippen LogP contribution >= 0.6 is 0 Å². The molecule has 0 saturated carbocycles. The van der Waals surface area contributed by atoms with Gasteiger partial charge in [0.1, 0.15) is 36.5 Å². The summed E-state index contributed by atoms with van der Waals surface area (Å²) in [6.45, 7) is 7.04. The van der Waals surface area contributed by atoms with Gasteiger partial charge in [-0.25, -0.2) is 0 Å². The molecule has 0 aromatic heterocycles. The van der Waals surface area contributed by atoms with Gasteiger partial charge >= 0.3 is 0 Å². The molecule has 0 radical (unpaired) electrons. The second kappa shape index (κ2) is 25.4. The molecule has 18 heteroatoms. The standard InChI is InChI=1S/C29H56N2O16/c1-18(16-42-7-5-40-9-11-44-28(22(13-32)30-20(3)36)46-23(14-33)19(2)35)17-43-8-6-41-10-12-45-29-25(31-21(4)37)27(39)26(38)24(15-34)47-29/h18-19,22-29,32-35,38-39H,5-17H2,1-4H3,(H,30,36)(H,31,37)/t18?,19-,22+,23?,24?,25?,26?,27?,28?,29?/m1/s1. The topological polar surface area (TPSA) is 253 Å². The van der Waals surface area contributed by atoms with Crippen LogP contribution in [-0.2, 0) is 47.5 Å². The van der Waals surface area contributed by atoms with E-state index in [4.69, 9.17) is 37.9 Å². The number of hydrogen-bond donors (Lipinski definition) is 8. The maximum absolute atomic E-state index is 11.5. The summed E-state index contributed by atoms with van der Waals surface area (Å²) in [6, 6.07) is -1.92. The predicted octanol–water partition coefficient (Wildman–Crippen LogP) is -3.75. The Hall–Kier alpha value is -1.62. The van der Waals surface area contributed by atoms with Crippen molar-refractivity contribution >= 4 is 11.8 Å². The number of nitrogens with one attached hydrogen (secondary N) is 2. The van der Waals surface area contributed by atoms with Crippen LogP contribution < -0.4 is 10.6 Å². The Balaban J connectivity index is 2.15. The summed E-state index contributed by atoms with van der Waals surface area (Å²) in [5.74, 6) is -0.740. The van der Waals surface area contributed by atoms with Crippen LogP contribution in [0.25, 0.3) is 0 Å². The molecular formula is C29H56N2O16. The van der Waals surface area contributed by atoms with Crippen molar-refractivity contribution in [3.63, 3.8) is 0 Å². The van der Waals surface area contributed by atoms with Crippen LogP contribution in [0.3, 0.4) is 0 Å². The van der Waals surface area contributed by atoms with Crippen LogP contribution in [-0.4, -0.2) is 184 Å². The van der Waals surface area contributed by atoms with Crippen molar-refractivity contribution in [2.75, 3.05) is 85.9 Å². The molecule has 1 saturated heterocycles. The van der Waals surface area contributed by atoms with Crippen molar-refractivity contribution < 1.29 is 78.1 Å². The Morgan fingerprint density at radius 3 is 1.87 bits per heavy atom. The van der Waals surface area contributed by atoms with Crippen molar-refractivity contribution in [3.05, 3.63) is 0 Å². The first-order valence-corrected chi connectivity index (χ1v) is 15.7. The minimum absolute atomic E-state index is 0.0561. The average Bonchev–Trinajstić information content (AvgIpc) is 3.02. The summed E-state index contributed by atoms with van der Waals surface area (Å²) in [4.78, 5) is 22.9. The first kappa shape index (κ1) is 43.4. The maximum Gasteiger partial charge on any atom is 0.217 e. The highest BCUT2D eigenvalue weighted by Crippen LogP contribution is 2.22. The average molecular weight is 689 g/mol. The fraction of sp³-hybridized carbons (Fsp3) is 0.931. The van der Waals surface area contributed by atoms with Crippen LogP contribution in [0.2, 0.25) is 0 Å². The van der Waals surface area contributed by atoms with Crippen molar-refractivity contribution in [2.24, 2.45) is 5.92 Å². The molecule has 2 amide bonds. The third kappa shape index (κ3) is 18.1. The first-order valence-electron chi connectivity index (χ1n) is 15.7. The largest absolute Gasteiger partial charge is 0.394 e. The quantitative estimate of drug-likeness (QED) is 0.0305. The Kier molecular flexibility index (Phi) is 23.4. The van der Waals surface area contributed by atoms with Gasteiger partial charge in [0.2, 0.25) is 11.8 Å².